The number of hydrogen-bond donors (Lipinski definition) is 1. The van der Waals surface area contributed by atoms with E-state index in [0.717, 1.165) is 25.2 Å². The Bertz CT molecular complexity index is 474. The fraction of sp³-hybridized carbons (Fsp3) is 0.529. The van der Waals surface area contributed by atoms with Gasteiger partial charge in [-0.15, -0.1) is 0 Å². The number of nitrogens with zero attached hydrogens (tertiary/aromatic N) is 2. The summed E-state index contributed by atoms with van der Waals surface area (Å²) in [6.45, 7) is 7.72. The van der Waals surface area contributed by atoms with Gasteiger partial charge in [0, 0.05) is 37.3 Å². The lowest BCUT2D eigenvalue weighted by molar-refractivity contribution is 0.0556. The maximum Gasteiger partial charge on any atom is 0.104 e. The lowest BCUT2D eigenvalue weighted by atomic mass is 10.1. The molecule has 0 radical (unpaired) electrons. The van der Waals surface area contributed by atoms with Crippen molar-refractivity contribution in [1.82, 2.24) is 9.80 Å². The second kappa shape index (κ2) is 6.90. The molecule has 0 amide bonds. The number of piperazine rings is 1. The summed E-state index contributed by atoms with van der Waals surface area (Å²) in [6.07, 6.45) is 0. The third kappa shape index (κ3) is 3.83. The van der Waals surface area contributed by atoms with Crippen LogP contribution in [0.2, 0.25) is 0 Å². The van der Waals surface area contributed by atoms with Gasteiger partial charge in [-0.1, -0.05) is 24.0 Å². The van der Waals surface area contributed by atoms with Crippen molar-refractivity contribution in [2.24, 2.45) is 0 Å². The Morgan fingerprint density at radius 2 is 1.75 bits per heavy atom. The van der Waals surface area contributed by atoms with E-state index in [9.17, 15) is 0 Å². The summed E-state index contributed by atoms with van der Waals surface area (Å²) in [5.41, 5.74) is 2.28. The molecule has 3 nitrogen and oxygen atoms in total. The van der Waals surface area contributed by atoms with Crippen molar-refractivity contribution >= 4 is 0 Å². The van der Waals surface area contributed by atoms with Gasteiger partial charge in [0.2, 0.25) is 0 Å². The zero-order chi connectivity index (χ0) is 14.5. The largest absolute Gasteiger partial charge is 0.384 e. The quantitative estimate of drug-likeness (QED) is 0.828. The summed E-state index contributed by atoms with van der Waals surface area (Å²) in [5, 5.41) is 8.69. The molecule has 1 N–H and O–H groups in total. The average molecular weight is 272 g/mol. The molecule has 1 fully saturated rings. The molecule has 0 aliphatic carbocycles. The van der Waals surface area contributed by atoms with E-state index in [1.807, 2.05) is 12.1 Å². The highest BCUT2D eigenvalue weighted by molar-refractivity contribution is 5.36. The summed E-state index contributed by atoms with van der Waals surface area (Å²) in [6, 6.07) is 9.54. The molecule has 1 heterocycles. The molecular weight excluding hydrogens is 248 g/mol. The van der Waals surface area contributed by atoms with Crippen LogP contribution in [0.3, 0.4) is 0 Å². The van der Waals surface area contributed by atoms with E-state index in [0.29, 0.717) is 12.1 Å². The van der Waals surface area contributed by atoms with E-state index in [2.05, 4.69) is 54.7 Å². The zero-order valence-electron chi connectivity index (χ0n) is 12.6. The zero-order valence-corrected chi connectivity index (χ0v) is 12.6. The normalized spacial score (nSPS) is 24.2. The third-order valence-corrected chi connectivity index (χ3v) is 4.11. The highest BCUT2D eigenvalue weighted by Gasteiger charge is 2.26. The van der Waals surface area contributed by atoms with Gasteiger partial charge in [-0.25, -0.2) is 0 Å². The number of benzene rings is 1. The highest BCUT2D eigenvalue weighted by atomic mass is 16.2. The highest BCUT2D eigenvalue weighted by Crippen LogP contribution is 2.16. The molecule has 20 heavy (non-hydrogen) atoms. The predicted octanol–water partition coefficient (Wildman–Crippen LogP) is 1.55. The maximum absolute atomic E-state index is 8.69. The molecule has 0 aromatic heterocycles. The van der Waals surface area contributed by atoms with Gasteiger partial charge in [-0.05, 0) is 38.6 Å². The van der Waals surface area contributed by atoms with E-state index < -0.39 is 0 Å². The summed E-state index contributed by atoms with van der Waals surface area (Å²) in [5.74, 6) is 5.60. The van der Waals surface area contributed by atoms with E-state index >= 15 is 0 Å². The summed E-state index contributed by atoms with van der Waals surface area (Å²) in [4.78, 5) is 4.97. The van der Waals surface area contributed by atoms with E-state index in [1.165, 1.54) is 5.56 Å². The van der Waals surface area contributed by atoms with Crippen LogP contribution in [0.1, 0.15) is 25.0 Å². The van der Waals surface area contributed by atoms with Gasteiger partial charge >= 0.3 is 0 Å². The van der Waals surface area contributed by atoms with Crippen molar-refractivity contribution in [3.05, 3.63) is 35.4 Å². The Morgan fingerprint density at radius 1 is 1.15 bits per heavy atom. The second-order valence-corrected chi connectivity index (χ2v) is 5.71. The Kier molecular flexibility index (Phi) is 5.19. The van der Waals surface area contributed by atoms with Crippen LogP contribution < -0.4 is 0 Å². The summed E-state index contributed by atoms with van der Waals surface area (Å²) >= 11 is 0. The topological polar surface area (TPSA) is 26.7 Å². The number of rotatable bonds is 2. The first-order valence-corrected chi connectivity index (χ1v) is 7.23. The van der Waals surface area contributed by atoms with E-state index in [4.69, 9.17) is 5.11 Å². The Labute approximate surface area is 122 Å². The molecule has 1 aromatic rings. The van der Waals surface area contributed by atoms with Crippen LogP contribution in [0, 0.1) is 11.8 Å². The molecule has 0 saturated carbocycles. The van der Waals surface area contributed by atoms with Crippen LogP contribution >= 0.6 is 0 Å². The van der Waals surface area contributed by atoms with Gasteiger partial charge in [0.1, 0.15) is 6.61 Å². The van der Waals surface area contributed by atoms with Crippen LogP contribution in [0.5, 0.6) is 0 Å². The van der Waals surface area contributed by atoms with E-state index in [1.54, 1.807) is 0 Å². The summed E-state index contributed by atoms with van der Waals surface area (Å²) < 4.78 is 0. The molecule has 108 valence electrons. The van der Waals surface area contributed by atoms with Crippen molar-refractivity contribution in [2.45, 2.75) is 32.5 Å². The molecule has 2 atom stereocenters. The first-order chi connectivity index (χ1) is 9.60. The average Bonchev–Trinajstić information content (AvgIpc) is 2.44. The number of hydrogen-bond acceptors (Lipinski definition) is 3. The number of aliphatic hydroxyl groups excluding tert-OH is 1. The van der Waals surface area contributed by atoms with Gasteiger partial charge in [0.05, 0.1) is 0 Å². The minimum atomic E-state index is -0.0845. The van der Waals surface area contributed by atoms with Gasteiger partial charge < -0.3 is 5.11 Å². The summed E-state index contributed by atoms with van der Waals surface area (Å²) in [7, 11) is 2.21. The molecular formula is C17H24N2O. The molecule has 1 aromatic carbocycles. The molecule has 1 saturated heterocycles. The van der Waals surface area contributed by atoms with Gasteiger partial charge in [-0.2, -0.15) is 0 Å². The standard InChI is InChI=1S/C17H24N2O/c1-14-11-19(12-15(2)18(14)3)13-17-8-6-16(7-9-17)5-4-10-20/h6-9,14-15,20H,10-13H2,1-3H3. The Morgan fingerprint density at radius 3 is 2.30 bits per heavy atom. The van der Waals surface area contributed by atoms with Crippen molar-refractivity contribution in [2.75, 3.05) is 26.7 Å². The van der Waals surface area contributed by atoms with Crippen LogP contribution in [0.25, 0.3) is 0 Å². The van der Waals surface area contributed by atoms with Crippen molar-refractivity contribution < 1.29 is 5.11 Å². The first kappa shape index (κ1) is 15.1. The molecule has 0 bridgehead atoms. The second-order valence-electron chi connectivity index (χ2n) is 5.71. The number of aliphatic hydroxyl groups is 1. The van der Waals surface area contributed by atoms with Crippen LogP contribution in [-0.2, 0) is 6.54 Å². The smallest absolute Gasteiger partial charge is 0.104 e. The molecule has 0 spiro atoms. The lowest BCUT2D eigenvalue weighted by Gasteiger charge is -2.42. The van der Waals surface area contributed by atoms with Crippen LogP contribution in [0.15, 0.2) is 24.3 Å². The van der Waals surface area contributed by atoms with E-state index in [-0.39, 0.29) is 6.61 Å². The molecule has 3 heteroatoms. The molecule has 2 unspecified atom stereocenters. The lowest BCUT2D eigenvalue weighted by Crippen LogP contribution is -2.54. The van der Waals surface area contributed by atoms with Gasteiger partial charge in [0.25, 0.3) is 0 Å². The van der Waals surface area contributed by atoms with Gasteiger partial charge in [0.15, 0.2) is 0 Å². The fourth-order valence-corrected chi connectivity index (χ4v) is 2.74. The Balaban J connectivity index is 1.96. The van der Waals surface area contributed by atoms with Crippen LogP contribution in [-0.4, -0.2) is 53.7 Å². The maximum atomic E-state index is 8.69. The third-order valence-electron chi connectivity index (χ3n) is 4.11. The number of likely N-dealkylation sites (N-methyl/N-ethyl adjacent to an activating group) is 1. The first-order valence-electron chi connectivity index (χ1n) is 7.23. The van der Waals surface area contributed by atoms with Crippen molar-refractivity contribution in [3.63, 3.8) is 0 Å². The Hall–Kier alpha value is -1.34. The minimum absolute atomic E-state index is 0.0845. The molecule has 2 rings (SSSR count). The predicted molar refractivity (Wildman–Crippen MR) is 82.4 cm³/mol. The SMILES string of the molecule is CC1CN(Cc2ccc(C#CCO)cc2)CC(C)N1C. The van der Waals surface area contributed by atoms with Crippen molar-refractivity contribution in [1.29, 1.82) is 0 Å². The molecule has 1 aliphatic rings. The van der Waals surface area contributed by atoms with Crippen LogP contribution in [0.4, 0.5) is 0 Å². The minimum Gasteiger partial charge on any atom is -0.384 e. The monoisotopic (exact) mass is 272 g/mol. The fourth-order valence-electron chi connectivity index (χ4n) is 2.74. The van der Waals surface area contributed by atoms with Gasteiger partial charge in [-0.3, -0.25) is 9.80 Å². The molecule has 1 aliphatic heterocycles. The van der Waals surface area contributed by atoms with Crippen molar-refractivity contribution in [3.8, 4) is 11.8 Å².